The van der Waals surface area contributed by atoms with Crippen LogP contribution in [0.2, 0.25) is 0 Å². The van der Waals surface area contributed by atoms with Crippen molar-refractivity contribution in [3.8, 4) is 11.4 Å². The van der Waals surface area contributed by atoms with E-state index in [4.69, 9.17) is 4.52 Å². The van der Waals surface area contributed by atoms with Crippen LogP contribution in [0.5, 0.6) is 0 Å². The number of benzene rings is 1. The predicted molar refractivity (Wildman–Crippen MR) is 113 cm³/mol. The topological polar surface area (TPSA) is 102 Å². The molecule has 8 heteroatoms. The fraction of sp³-hybridized carbons (Fsp3) is 0.591. The van der Waals surface area contributed by atoms with Crippen molar-refractivity contribution in [2.45, 2.75) is 71.8 Å². The number of aromatic nitrogens is 2. The molecule has 1 aromatic heterocycles. The van der Waals surface area contributed by atoms with E-state index >= 15 is 0 Å². The van der Waals surface area contributed by atoms with Crippen LogP contribution in [0.3, 0.4) is 0 Å². The Balaban J connectivity index is 1.67. The molecular formula is C22H30N4O4. The van der Waals surface area contributed by atoms with E-state index in [9.17, 15) is 14.9 Å². The predicted octanol–water partition coefficient (Wildman–Crippen LogP) is 4.78. The summed E-state index contributed by atoms with van der Waals surface area (Å²) in [5, 5.41) is 14.8. The lowest BCUT2D eigenvalue weighted by Gasteiger charge is -2.35. The van der Waals surface area contributed by atoms with Crippen molar-refractivity contribution >= 4 is 11.6 Å². The minimum Gasteiger partial charge on any atom is -0.339 e. The van der Waals surface area contributed by atoms with Crippen LogP contribution < -0.4 is 0 Å². The molecule has 2 aromatic rings. The van der Waals surface area contributed by atoms with E-state index in [1.165, 1.54) is 18.6 Å². The van der Waals surface area contributed by atoms with Gasteiger partial charge in [0.2, 0.25) is 17.6 Å². The van der Waals surface area contributed by atoms with Gasteiger partial charge in [-0.05, 0) is 30.4 Å². The molecule has 1 heterocycles. The molecule has 1 saturated carbocycles. The molecule has 0 unspecified atom stereocenters. The molecule has 0 radical (unpaired) electrons. The fourth-order valence-corrected chi connectivity index (χ4v) is 3.88. The summed E-state index contributed by atoms with van der Waals surface area (Å²) in [6.45, 7) is 6.80. The number of hydrogen-bond acceptors (Lipinski definition) is 6. The highest BCUT2D eigenvalue weighted by atomic mass is 16.6. The van der Waals surface area contributed by atoms with Crippen LogP contribution in [0.1, 0.15) is 65.2 Å². The summed E-state index contributed by atoms with van der Waals surface area (Å²) in [5.41, 5.74) is 0.615. The van der Waals surface area contributed by atoms with Gasteiger partial charge in [-0.25, -0.2) is 0 Å². The minimum absolute atomic E-state index is 0.0166. The van der Waals surface area contributed by atoms with Gasteiger partial charge in [-0.3, -0.25) is 14.9 Å². The zero-order valence-corrected chi connectivity index (χ0v) is 18.0. The smallest absolute Gasteiger partial charge is 0.269 e. The third-order valence-electron chi connectivity index (χ3n) is 5.39. The molecule has 1 amide bonds. The lowest BCUT2D eigenvalue weighted by atomic mass is 9.89. The van der Waals surface area contributed by atoms with E-state index in [1.807, 2.05) is 4.90 Å². The summed E-state index contributed by atoms with van der Waals surface area (Å²) in [4.78, 5) is 29.8. The number of hydrogen-bond donors (Lipinski definition) is 0. The van der Waals surface area contributed by atoms with Crippen molar-refractivity contribution in [2.24, 2.45) is 5.41 Å². The normalized spacial score (nSPS) is 15.2. The van der Waals surface area contributed by atoms with E-state index in [2.05, 4.69) is 30.9 Å². The fourth-order valence-electron chi connectivity index (χ4n) is 3.88. The Morgan fingerprint density at radius 2 is 1.87 bits per heavy atom. The molecule has 1 aliphatic carbocycles. The van der Waals surface area contributed by atoms with Gasteiger partial charge in [0.15, 0.2) is 0 Å². The van der Waals surface area contributed by atoms with Crippen molar-refractivity contribution in [1.29, 1.82) is 0 Å². The Morgan fingerprint density at radius 3 is 2.47 bits per heavy atom. The first-order valence-electron chi connectivity index (χ1n) is 10.6. The number of carbonyl (C=O) groups is 1. The van der Waals surface area contributed by atoms with Crippen molar-refractivity contribution in [3.63, 3.8) is 0 Å². The van der Waals surface area contributed by atoms with Crippen LogP contribution in [-0.4, -0.2) is 38.5 Å². The van der Waals surface area contributed by atoms with E-state index < -0.39 is 4.92 Å². The third kappa shape index (κ3) is 5.87. The summed E-state index contributed by atoms with van der Waals surface area (Å²) < 4.78 is 5.38. The van der Waals surface area contributed by atoms with Crippen molar-refractivity contribution in [3.05, 3.63) is 40.3 Å². The van der Waals surface area contributed by atoms with Crippen LogP contribution in [0.15, 0.2) is 28.8 Å². The van der Waals surface area contributed by atoms with E-state index in [0.29, 0.717) is 36.7 Å². The van der Waals surface area contributed by atoms with E-state index in [0.717, 1.165) is 25.7 Å². The summed E-state index contributed by atoms with van der Waals surface area (Å²) in [6, 6.07) is 6.33. The molecule has 1 fully saturated rings. The molecule has 0 saturated heterocycles. The molecule has 30 heavy (non-hydrogen) atoms. The third-order valence-corrected chi connectivity index (χ3v) is 5.39. The number of carbonyl (C=O) groups excluding carboxylic acids is 1. The minimum atomic E-state index is -0.445. The zero-order chi connectivity index (χ0) is 21.7. The maximum atomic E-state index is 13.0. The van der Waals surface area contributed by atoms with Gasteiger partial charge in [-0.1, -0.05) is 45.2 Å². The quantitative estimate of drug-likeness (QED) is 0.477. The lowest BCUT2D eigenvalue weighted by molar-refractivity contribution is -0.384. The van der Waals surface area contributed by atoms with Crippen LogP contribution in [0.25, 0.3) is 11.4 Å². The summed E-state index contributed by atoms with van der Waals surface area (Å²) in [7, 11) is 0. The second-order valence-electron chi connectivity index (χ2n) is 9.18. The zero-order valence-electron chi connectivity index (χ0n) is 18.0. The SMILES string of the molecule is CC(C)(C)CC(=O)N(CCc1nc(-c2ccc([N+](=O)[O-])cc2)no1)C1CCCCC1. The molecular weight excluding hydrogens is 384 g/mol. The maximum Gasteiger partial charge on any atom is 0.269 e. The highest BCUT2D eigenvalue weighted by Crippen LogP contribution is 2.27. The number of nitrogens with zero attached hydrogens (tertiary/aromatic N) is 4. The van der Waals surface area contributed by atoms with Gasteiger partial charge >= 0.3 is 0 Å². The first-order chi connectivity index (χ1) is 14.2. The van der Waals surface area contributed by atoms with Crippen LogP contribution in [-0.2, 0) is 11.2 Å². The van der Waals surface area contributed by atoms with Crippen molar-refractivity contribution in [2.75, 3.05) is 6.54 Å². The van der Waals surface area contributed by atoms with Crippen LogP contribution in [0, 0.1) is 15.5 Å². The number of nitro groups is 1. The van der Waals surface area contributed by atoms with Crippen LogP contribution >= 0.6 is 0 Å². The lowest BCUT2D eigenvalue weighted by Crippen LogP contribution is -2.43. The van der Waals surface area contributed by atoms with E-state index in [1.54, 1.807) is 12.1 Å². The van der Waals surface area contributed by atoms with Gasteiger partial charge in [-0.2, -0.15) is 4.98 Å². The average Bonchev–Trinajstić information content (AvgIpc) is 3.17. The molecule has 0 atom stereocenters. The van der Waals surface area contributed by atoms with Crippen molar-refractivity contribution in [1.82, 2.24) is 15.0 Å². The largest absolute Gasteiger partial charge is 0.339 e. The number of amides is 1. The summed E-state index contributed by atoms with van der Waals surface area (Å²) >= 11 is 0. The average molecular weight is 415 g/mol. The highest BCUT2D eigenvalue weighted by molar-refractivity contribution is 5.77. The molecule has 0 spiro atoms. The summed E-state index contributed by atoms with van der Waals surface area (Å²) in [6.07, 6.45) is 6.67. The first kappa shape index (κ1) is 21.9. The van der Waals surface area contributed by atoms with Gasteiger partial charge in [0.1, 0.15) is 0 Å². The highest BCUT2D eigenvalue weighted by Gasteiger charge is 2.28. The Hall–Kier alpha value is -2.77. The molecule has 1 aliphatic rings. The van der Waals surface area contributed by atoms with Gasteiger partial charge in [-0.15, -0.1) is 0 Å². The van der Waals surface area contributed by atoms with Crippen LogP contribution in [0.4, 0.5) is 5.69 Å². The Kier molecular flexibility index (Phi) is 6.84. The number of non-ortho nitro benzene ring substituents is 1. The molecule has 3 rings (SSSR count). The van der Waals surface area contributed by atoms with Gasteiger partial charge < -0.3 is 9.42 Å². The number of rotatable bonds is 7. The van der Waals surface area contributed by atoms with Crippen molar-refractivity contribution < 1.29 is 14.2 Å². The monoisotopic (exact) mass is 414 g/mol. The number of nitro benzene ring substituents is 1. The Labute approximate surface area is 176 Å². The molecule has 8 nitrogen and oxygen atoms in total. The molecule has 1 aromatic carbocycles. The van der Waals surface area contributed by atoms with Gasteiger partial charge in [0.25, 0.3) is 5.69 Å². The first-order valence-corrected chi connectivity index (χ1v) is 10.6. The summed E-state index contributed by atoms with van der Waals surface area (Å²) in [5.74, 6) is 1.04. The van der Waals surface area contributed by atoms with Gasteiger partial charge in [0, 0.05) is 43.1 Å². The molecule has 0 bridgehead atoms. The Bertz CT molecular complexity index is 864. The molecule has 162 valence electrons. The molecule has 0 aliphatic heterocycles. The standard InChI is InChI=1S/C22H30N4O4/c1-22(2,3)15-20(27)25(17-7-5-4-6-8-17)14-13-19-23-21(24-30-19)16-9-11-18(12-10-16)26(28)29/h9-12,17H,4-8,13-15H2,1-3H3. The van der Waals surface area contributed by atoms with E-state index in [-0.39, 0.29) is 23.1 Å². The maximum absolute atomic E-state index is 13.0. The molecule has 0 N–H and O–H groups in total. The Morgan fingerprint density at radius 1 is 1.20 bits per heavy atom. The second kappa shape index (κ2) is 9.36. The van der Waals surface area contributed by atoms with Gasteiger partial charge in [0.05, 0.1) is 4.92 Å². The second-order valence-corrected chi connectivity index (χ2v) is 9.18.